The third-order valence-corrected chi connectivity index (χ3v) is 3.18. The molecule has 0 saturated heterocycles. The number of sulfone groups is 1. The predicted octanol–water partition coefficient (Wildman–Crippen LogP) is 1.06. The van der Waals surface area contributed by atoms with Crippen LogP contribution >= 0.6 is 0 Å². The van der Waals surface area contributed by atoms with Crippen LogP contribution in [0.15, 0.2) is 0 Å². The van der Waals surface area contributed by atoms with Crippen molar-refractivity contribution in [2.45, 2.75) is 26.7 Å². The van der Waals surface area contributed by atoms with Crippen molar-refractivity contribution in [3.63, 3.8) is 0 Å². The van der Waals surface area contributed by atoms with Crippen molar-refractivity contribution in [3.05, 3.63) is 0 Å². The van der Waals surface area contributed by atoms with E-state index in [0.717, 1.165) is 19.4 Å². The first-order valence-corrected chi connectivity index (χ1v) is 6.94. The van der Waals surface area contributed by atoms with Crippen LogP contribution in [-0.2, 0) is 9.84 Å². The minimum absolute atomic E-state index is 0.243. The molecule has 0 amide bonds. The maximum absolute atomic E-state index is 10.8. The molecular formula is C9H21NO2S. The second-order valence-corrected chi connectivity index (χ2v) is 5.78. The first-order valence-electron chi connectivity index (χ1n) is 4.88. The zero-order valence-electron chi connectivity index (χ0n) is 8.84. The lowest BCUT2D eigenvalue weighted by atomic mass is 10.0. The molecule has 0 rings (SSSR count). The molecule has 80 valence electrons. The maximum atomic E-state index is 10.8. The number of nitrogens with one attached hydrogen (secondary N) is 1. The van der Waals surface area contributed by atoms with Gasteiger partial charge in [-0.25, -0.2) is 8.42 Å². The lowest BCUT2D eigenvalue weighted by molar-refractivity contribution is 0.456. The molecule has 0 spiro atoms. The fourth-order valence-electron chi connectivity index (χ4n) is 1.14. The van der Waals surface area contributed by atoms with Gasteiger partial charge in [0.2, 0.25) is 0 Å². The second kappa shape index (κ2) is 6.38. The summed E-state index contributed by atoms with van der Waals surface area (Å²) in [4.78, 5) is 0. The van der Waals surface area contributed by atoms with Gasteiger partial charge in [-0.1, -0.05) is 26.7 Å². The van der Waals surface area contributed by atoms with Gasteiger partial charge >= 0.3 is 0 Å². The van der Waals surface area contributed by atoms with Gasteiger partial charge in [0.25, 0.3) is 0 Å². The Balaban J connectivity index is 3.45. The number of rotatable bonds is 7. The quantitative estimate of drug-likeness (QED) is 0.635. The SMILES string of the molecule is CCC(CC)CNCCS(C)(=O)=O. The highest BCUT2D eigenvalue weighted by Gasteiger charge is 2.04. The molecule has 0 radical (unpaired) electrons. The van der Waals surface area contributed by atoms with Crippen LogP contribution in [0.2, 0.25) is 0 Å². The number of hydrogen-bond acceptors (Lipinski definition) is 3. The third-order valence-electron chi connectivity index (χ3n) is 2.24. The summed E-state index contributed by atoms with van der Waals surface area (Å²) in [6.45, 7) is 5.83. The fraction of sp³-hybridized carbons (Fsp3) is 1.00. The molecule has 0 aromatic carbocycles. The van der Waals surface area contributed by atoms with Crippen molar-refractivity contribution < 1.29 is 8.42 Å². The molecule has 0 atom stereocenters. The van der Waals surface area contributed by atoms with Crippen molar-refractivity contribution in [1.29, 1.82) is 0 Å². The van der Waals surface area contributed by atoms with E-state index in [2.05, 4.69) is 19.2 Å². The van der Waals surface area contributed by atoms with E-state index >= 15 is 0 Å². The summed E-state index contributed by atoms with van der Waals surface area (Å²) < 4.78 is 21.6. The van der Waals surface area contributed by atoms with E-state index in [-0.39, 0.29) is 5.75 Å². The van der Waals surface area contributed by atoms with Gasteiger partial charge in [0.05, 0.1) is 5.75 Å². The average Bonchev–Trinajstić information content (AvgIpc) is 2.03. The fourth-order valence-corrected chi connectivity index (χ4v) is 1.66. The van der Waals surface area contributed by atoms with E-state index in [4.69, 9.17) is 0 Å². The highest BCUT2D eigenvalue weighted by Crippen LogP contribution is 2.04. The Kier molecular flexibility index (Phi) is 6.33. The van der Waals surface area contributed by atoms with Crippen LogP contribution < -0.4 is 5.32 Å². The van der Waals surface area contributed by atoms with Gasteiger partial charge in [0.15, 0.2) is 0 Å². The highest BCUT2D eigenvalue weighted by atomic mass is 32.2. The first-order chi connectivity index (χ1) is 5.99. The van der Waals surface area contributed by atoms with Crippen LogP contribution in [0.5, 0.6) is 0 Å². The van der Waals surface area contributed by atoms with Crippen LogP contribution in [0, 0.1) is 5.92 Å². The molecule has 13 heavy (non-hydrogen) atoms. The molecule has 0 aromatic rings. The Morgan fingerprint density at radius 2 is 1.77 bits per heavy atom. The molecule has 0 aromatic heterocycles. The zero-order valence-corrected chi connectivity index (χ0v) is 9.65. The standard InChI is InChI=1S/C9H21NO2S/c1-4-9(5-2)8-10-6-7-13(3,11)12/h9-10H,4-8H2,1-3H3. The average molecular weight is 207 g/mol. The minimum Gasteiger partial charge on any atom is -0.315 e. The largest absolute Gasteiger partial charge is 0.315 e. The smallest absolute Gasteiger partial charge is 0.148 e. The van der Waals surface area contributed by atoms with E-state index in [1.54, 1.807) is 0 Å². The monoisotopic (exact) mass is 207 g/mol. The predicted molar refractivity (Wildman–Crippen MR) is 56.7 cm³/mol. The minimum atomic E-state index is -2.80. The summed E-state index contributed by atoms with van der Waals surface area (Å²) in [6, 6.07) is 0. The molecule has 0 bridgehead atoms. The summed E-state index contributed by atoms with van der Waals surface area (Å²) in [7, 11) is -2.80. The van der Waals surface area contributed by atoms with E-state index in [9.17, 15) is 8.42 Å². The Morgan fingerprint density at radius 3 is 2.15 bits per heavy atom. The van der Waals surface area contributed by atoms with Crippen LogP contribution in [0.3, 0.4) is 0 Å². The van der Waals surface area contributed by atoms with Gasteiger partial charge in [0.1, 0.15) is 9.84 Å². The van der Waals surface area contributed by atoms with Crippen molar-refractivity contribution >= 4 is 9.84 Å². The van der Waals surface area contributed by atoms with Crippen molar-refractivity contribution in [2.24, 2.45) is 5.92 Å². The molecule has 0 fully saturated rings. The van der Waals surface area contributed by atoms with Gasteiger partial charge in [-0.3, -0.25) is 0 Å². The molecule has 0 heterocycles. The zero-order chi connectivity index (χ0) is 10.3. The maximum Gasteiger partial charge on any atom is 0.148 e. The Bertz CT molecular complexity index is 208. The van der Waals surface area contributed by atoms with Crippen molar-refractivity contribution in [3.8, 4) is 0 Å². The molecule has 1 N–H and O–H groups in total. The van der Waals surface area contributed by atoms with Gasteiger partial charge in [-0.2, -0.15) is 0 Å². The van der Waals surface area contributed by atoms with E-state index in [1.165, 1.54) is 6.26 Å². The lowest BCUT2D eigenvalue weighted by Crippen LogP contribution is -2.27. The molecule has 0 aliphatic rings. The second-order valence-electron chi connectivity index (χ2n) is 3.52. The van der Waals surface area contributed by atoms with Crippen molar-refractivity contribution in [1.82, 2.24) is 5.32 Å². The summed E-state index contributed by atoms with van der Waals surface area (Å²) in [6.07, 6.45) is 3.58. The summed E-state index contributed by atoms with van der Waals surface area (Å²) in [5, 5.41) is 3.16. The van der Waals surface area contributed by atoms with Crippen LogP contribution in [0.4, 0.5) is 0 Å². The lowest BCUT2D eigenvalue weighted by Gasteiger charge is -2.12. The van der Waals surface area contributed by atoms with Gasteiger partial charge in [-0.05, 0) is 12.5 Å². The van der Waals surface area contributed by atoms with E-state index in [1.807, 2.05) is 0 Å². The summed E-state index contributed by atoms with van der Waals surface area (Å²) in [5.74, 6) is 0.923. The molecule has 0 unspecified atom stereocenters. The highest BCUT2D eigenvalue weighted by molar-refractivity contribution is 7.90. The molecule has 4 heteroatoms. The van der Waals surface area contributed by atoms with Crippen molar-refractivity contribution in [2.75, 3.05) is 25.1 Å². The van der Waals surface area contributed by atoms with Gasteiger partial charge in [-0.15, -0.1) is 0 Å². The number of hydrogen-bond donors (Lipinski definition) is 1. The molecule has 0 aliphatic carbocycles. The normalized spacial score (nSPS) is 12.3. The first kappa shape index (κ1) is 12.9. The van der Waals surface area contributed by atoms with Crippen LogP contribution in [-0.4, -0.2) is 33.5 Å². The Morgan fingerprint density at radius 1 is 1.23 bits per heavy atom. The van der Waals surface area contributed by atoms with Gasteiger partial charge < -0.3 is 5.32 Å². The van der Waals surface area contributed by atoms with Gasteiger partial charge in [0, 0.05) is 12.8 Å². The van der Waals surface area contributed by atoms with E-state index < -0.39 is 9.84 Å². The van der Waals surface area contributed by atoms with Crippen LogP contribution in [0.25, 0.3) is 0 Å². The summed E-state index contributed by atoms with van der Waals surface area (Å²) >= 11 is 0. The topological polar surface area (TPSA) is 46.2 Å². The molecule has 0 aliphatic heterocycles. The Hall–Kier alpha value is -0.0900. The molecular weight excluding hydrogens is 186 g/mol. The van der Waals surface area contributed by atoms with E-state index in [0.29, 0.717) is 12.5 Å². The summed E-state index contributed by atoms with van der Waals surface area (Å²) in [5.41, 5.74) is 0. The molecule has 0 saturated carbocycles. The van der Waals surface area contributed by atoms with Crippen LogP contribution in [0.1, 0.15) is 26.7 Å². The Labute approximate surface area is 81.8 Å². The molecule has 3 nitrogen and oxygen atoms in total. The third kappa shape index (κ3) is 8.25.